The first-order chi connectivity index (χ1) is 13.3. The van der Waals surface area contributed by atoms with Crippen molar-refractivity contribution in [2.75, 3.05) is 18.5 Å². The van der Waals surface area contributed by atoms with Crippen LogP contribution < -0.4 is 14.8 Å². The highest BCUT2D eigenvalue weighted by atomic mass is 19.4. The van der Waals surface area contributed by atoms with Gasteiger partial charge in [0.2, 0.25) is 11.7 Å². The SMILES string of the molecule is Cc1ccccc1NC(=O)Cn1c(C(F)(F)F)nc2cc3c(cc21)OCCO3. The molecule has 0 fully saturated rings. The first kappa shape index (κ1) is 18.1. The van der Waals surface area contributed by atoms with Crippen molar-refractivity contribution in [3.8, 4) is 11.5 Å². The van der Waals surface area contributed by atoms with Gasteiger partial charge in [0.1, 0.15) is 19.8 Å². The third-order valence-electron chi connectivity index (χ3n) is 4.39. The van der Waals surface area contributed by atoms with Crippen LogP contribution in [0.5, 0.6) is 11.5 Å². The number of para-hydroxylation sites is 1. The van der Waals surface area contributed by atoms with E-state index in [0.29, 0.717) is 30.4 Å². The average Bonchev–Trinajstić information content (AvgIpc) is 2.99. The van der Waals surface area contributed by atoms with Crippen LogP contribution in [0, 0.1) is 6.92 Å². The number of carbonyl (C=O) groups is 1. The van der Waals surface area contributed by atoms with E-state index in [9.17, 15) is 18.0 Å². The number of fused-ring (bicyclic) bond motifs is 2. The molecule has 0 radical (unpaired) electrons. The average molecular weight is 391 g/mol. The number of nitrogens with zero attached hydrogens (tertiary/aromatic N) is 2. The predicted octanol–water partition coefficient (Wildman–Crippen LogP) is 3.77. The van der Waals surface area contributed by atoms with Crippen LogP contribution in [0.3, 0.4) is 0 Å². The van der Waals surface area contributed by atoms with Gasteiger partial charge >= 0.3 is 6.18 Å². The fourth-order valence-electron chi connectivity index (χ4n) is 3.08. The van der Waals surface area contributed by atoms with E-state index < -0.39 is 24.5 Å². The van der Waals surface area contributed by atoms with Crippen LogP contribution >= 0.6 is 0 Å². The van der Waals surface area contributed by atoms with Gasteiger partial charge in [-0.2, -0.15) is 13.2 Å². The number of halogens is 3. The molecule has 3 aromatic rings. The molecular weight excluding hydrogens is 375 g/mol. The topological polar surface area (TPSA) is 65.4 Å². The van der Waals surface area contributed by atoms with Crippen molar-refractivity contribution in [2.45, 2.75) is 19.6 Å². The second-order valence-corrected chi connectivity index (χ2v) is 6.37. The third-order valence-corrected chi connectivity index (χ3v) is 4.39. The van der Waals surface area contributed by atoms with Gasteiger partial charge < -0.3 is 19.4 Å². The van der Waals surface area contributed by atoms with Crippen molar-refractivity contribution in [1.82, 2.24) is 9.55 Å². The summed E-state index contributed by atoms with van der Waals surface area (Å²) in [5.41, 5.74) is 1.58. The highest BCUT2D eigenvalue weighted by Crippen LogP contribution is 2.38. The van der Waals surface area contributed by atoms with Gasteiger partial charge in [-0.05, 0) is 18.6 Å². The number of hydrogen-bond donors (Lipinski definition) is 1. The second-order valence-electron chi connectivity index (χ2n) is 6.37. The van der Waals surface area contributed by atoms with Gasteiger partial charge in [0.15, 0.2) is 11.5 Å². The molecule has 1 aliphatic heterocycles. The molecule has 146 valence electrons. The maximum atomic E-state index is 13.5. The third kappa shape index (κ3) is 3.35. The fraction of sp³-hybridized carbons (Fsp3) is 0.263. The molecule has 4 rings (SSSR count). The number of rotatable bonds is 3. The summed E-state index contributed by atoms with van der Waals surface area (Å²) in [7, 11) is 0. The molecular formula is C19H16F3N3O3. The molecule has 1 amide bonds. The van der Waals surface area contributed by atoms with Crippen LogP contribution in [0.15, 0.2) is 36.4 Å². The molecule has 28 heavy (non-hydrogen) atoms. The molecule has 2 aromatic carbocycles. The van der Waals surface area contributed by atoms with Gasteiger partial charge in [-0.25, -0.2) is 4.98 Å². The smallest absolute Gasteiger partial charge is 0.449 e. The van der Waals surface area contributed by atoms with E-state index in [2.05, 4.69) is 10.3 Å². The van der Waals surface area contributed by atoms with Gasteiger partial charge in [0, 0.05) is 17.8 Å². The van der Waals surface area contributed by atoms with Crippen molar-refractivity contribution in [2.24, 2.45) is 0 Å². The number of amides is 1. The summed E-state index contributed by atoms with van der Waals surface area (Å²) in [6.07, 6.45) is -4.72. The second kappa shape index (κ2) is 6.74. The van der Waals surface area contributed by atoms with Crippen LogP contribution in [0.25, 0.3) is 11.0 Å². The molecule has 0 bridgehead atoms. The number of anilines is 1. The maximum Gasteiger partial charge on any atom is 0.449 e. The molecule has 2 heterocycles. The Bertz CT molecular complexity index is 1060. The molecule has 1 aliphatic rings. The van der Waals surface area contributed by atoms with E-state index in [-0.39, 0.29) is 11.0 Å². The van der Waals surface area contributed by atoms with E-state index in [1.165, 1.54) is 12.1 Å². The molecule has 0 saturated carbocycles. The molecule has 0 atom stereocenters. The number of imidazole rings is 1. The summed E-state index contributed by atoms with van der Waals surface area (Å²) in [6.45, 7) is 1.86. The van der Waals surface area contributed by atoms with Crippen LogP contribution in [-0.2, 0) is 17.5 Å². The molecule has 6 nitrogen and oxygen atoms in total. The van der Waals surface area contributed by atoms with E-state index in [4.69, 9.17) is 9.47 Å². The molecule has 0 unspecified atom stereocenters. The Morgan fingerprint density at radius 1 is 1.18 bits per heavy atom. The van der Waals surface area contributed by atoms with Crippen molar-refractivity contribution in [3.63, 3.8) is 0 Å². The normalized spacial score (nSPS) is 13.6. The number of carbonyl (C=O) groups excluding carboxylic acids is 1. The Morgan fingerprint density at radius 3 is 2.54 bits per heavy atom. The summed E-state index contributed by atoms with van der Waals surface area (Å²) in [5, 5.41) is 2.64. The zero-order chi connectivity index (χ0) is 19.9. The molecule has 9 heteroatoms. The van der Waals surface area contributed by atoms with Crippen LogP contribution in [-0.4, -0.2) is 28.7 Å². The molecule has 1 N–H and O–H groups in total. The maximum absolute atomic E-state index is 13.5. The van der Waals surface area contributed by atoms with Gasteiger partial charge in [-0.1, -0.05) is 18.2 Å². The Hall–Kier alpha value is -3.23. The number of alkyl halides is 3. The van der Waals surface area contributed by atoms with E-state index >= 15 is 0 Å². The quantitative estimate of drug-likeness (QED) is 0.738. The highest BCUT2D eigenvalue weighted by Gasteiger charge is 2.38. The summed E-state index contributed by atoms with van der Waals surface area (Å²) >= 11 is 0. The minimum absolute atomic E-state index is 0.0836. The first-order valence-electron chi connectivity index (χ1n) is 8.55. The van der Waals surface area contributed by atoms with Gasteiger partial charge in [-0.3, -0.25) is 4.79 Å². The summed E-state index contributed by atoms with van der Waals surface area (Å²) in [4.78, 5) is 16.2. The minimum Gasteiger partial charge on any atom is -0.486 e. The number of aromatic nitrogens is 2. The van der Waals surface area contributed by atoms with Gasteiger partial charge in [0.05, 0.1) is 11.0 Å². The van der Waals surface area contributed by atoms with Crippen molar-refractivity contribution in [1.29, 1.82) is 0 Å². The monoisotopic (exact) mass is 391 g/mol. The van der Waals surface area contributed by atoms with E-state index in [0.717, 1.165) is 10.1 Å². The number of aryl methyl sites for hydroxylation is 1. The molecule has 0 aliphatic carbocycles. The summed E-state index contributed by atoms with van der Waals surface area (Å²) in [5.74, 6) is -1.08. The lowest BCUT2D eigenvalue weighted by Crippen LogP contribution is -2.23. The lowest BCUT2D eigenvalue weighted by Gasteiger charge is -2.18. The Balaban J connectivity index is 1.73. The Morgan fingerprint density at radius 2 is 1.86 bits per heavy atom. The van der Waals surface area contributed by atoms with Crippen molar-refractivity contribution in [3.05, 3.63) is 47.8 Å². The Kier molecular flexibility index (Phi) is 4.37. The summed E-state index contributed by atoms with van der Waals surface area (Å²) in [6, 6.07) is 9.85. The number of hydrogen-bond acceptors (Lipinski definition) is 4. The zero-order valence-corrected chi connectivity index (χ0v) is 14.8. The predicted molar refractivity (Wildman–Crippen MR) is 95.5 cm³/mol. The lowest BCUT2D eigenvalue weighted by molar-refractivity contribution is -0.147. The molecule has 0 saturated heterocycles. The fourth-order valence-corrected chi connectivity index (χ4v) is 3.08. The standard InChI is InChI=1S/C19H16F3N3O3/c1-11-4-2-3-5-12(11)23-17(26)10-25-14-9-16-15(27-6-7-28-16)8-13(14)24-18(25)19(20,21)22/h2-5,8-9H,6-7,10H2,1H3,(H,23,26). The first-order valence-corrected chi connectivity index (χ1v) is 8.55. The highest BCUT2D eigenvalue weighted by molar-refractivity contribution is 5.92. The number of benzene rings is 2. The molecule has 1 aromatic heterocycles. The lowest BCUT2D eigenvalue weighted by atomic mass is 10.2. The largest absolute Gasteiger partial charge is 0.486 e. The van der Waals surface area contributed by atoms with E-state index in [1.807, 2.05) is 0 Å². The van der Waals surface area contributed by atoms with Crippen LogP contribution in [0.2, 0.25) is 0 Å². The van der Waals surface area contributed by atoms with Gasteiger partial charge in [0.25, 0.3) is 0 Å². The Labute approximate surface area is 157 Å². The van der Waals surface area contributed by atoms with Crippen molar-refractivity contribution >= 4 is 22.6 Å². The number of ether oxygens (including phenoxy) is 2. The van der Waals surface area contributed by atoms with Crippen LogP contribution in [0.1, 0.15) is 11.4 Å². The minimum atomic E-state index is -4.72. The summed E-state index contributed by atoms with van der Waals surface area (Å²) < 4.78 is 52.3. The van der Waals surface area contributed by atoms with Crippen LogP contribution in [0.4, 0.5) is 18.9 Å². The number of nitrogens with one attached hydrogen (secondary N) is 1. The van der Waals surface area contributed by atoms with Gasteiger partial charge in [-0.15, -0.1) is 0 Å². The van der Waals surface area contributed by atoms with Crippen molar-refractivity contribution < 1.29 is 27.4 Å². The zero-order valence-electron chi connectivity index (χ0n) is 14.8. The molecule has 0 spiro atoms. The van der Waals surface area contributed by atoms with E-state index in [1.54, 1.807) is 31.2 Å².